The summed E-state index contributed by atoms with van der Waals surface area (Å²) in [6, 6.07) is 11.2. The third-order valence-corrected chi connectivity index (χ3v) is 8.12. The van der Waals surface area contributed by atoms with Crippen molar-refractivity contribution in [1.82, 2.24) is 9.21 Å². The number of piperazine rings is 1. The predicted molar refractivity (Wildman–Crippen MR) is 125 cm³/mol. The lowest BCUT2D eigenvalue weighted by atomic mass is 9.99. The summed E-state index contributed by atoms with van der Waals surface area (Å²) in [5, 5.41) is 0. The highest BCUT2D eigenvalue weighted by atomic mass is 32.2. The van der Waals surface area contributed by atoms with Crippen LogP contribution in [-0.2, 0) is 16.6 Å². The standard InChI is InChI=1S/C24H34N2O5S/c1-6-18(2)19-7-10-21(11-8-19)32(27,28)26-15-13-25(14-16-26)17-20-9-12-22(29-3)24(31-5)23(20)30-4/h7-12,18H,6,13-17H2,1-5H3. The molecule has 8 heteroatoms. The second kappa shape index (κ2) is 10.6. The molecular formula is C24H34N2O5S. The third kappa shape index (κ3) is 5.03. The van der Waals surface area contributed by atoms with E-state index in [9.17, 15) is 8.42 Å². The Bertz CT molecular complexity index is 1000. The van der Waals surface area contributed by atoms with Gasteiger partial charge in [-0.25, -0.2) is 8.42 Å². The van der Waals surface area contributed by atoms with Gasteiger partial charge in [0.25, 0.3) is 0 Å². The van der Waals surface area contributed by atoms with Crippen LogP contribution in [0.4, 0.5) is 0 Å². The molecule has 1 aliphatic heterocycles. The maximum absolute atomic E-state index is 13.1. The highest BCUT2D eigenvalue weighted by Crippen LogP contribution is 2.40. The van der Waals surface area contributed by atoms with Crippen molar-refractivity contribution in [3.8, 4) is 17.2 Å². The average Bonchev–Trinajstić information content (AvgIpc) is 2.83. The second-order valence-corrected chi connectivity index (χ2v) is 9.99. The summed E-state index contributed by atoms with van der Waals surface area (Å²) in [5.74, 6) is 2.24. The van der Waals surface area contributed by atoms with Crippen molar-refractivity contribution < 1.29 is 22.6 Å². The molecule has 32 heavy (non-hydrogen) atoms. The Morgan fingerprint density at radius 3 is 2.03 bits per heavy atom. The molecule has 1 heterocycles. The van der Waals surface area contributed by atoms with Crippen molar-refractivity contribution in [2.24, 2.45) is 0 Å². The van der Waals surface area contributed by atoms with Crippen LogP contribution in [0.3, 0.4) is 0 Å². The molecule has 2 aromatic carbocycles. The van der Waals surface area contributed by atoms with E-state index in [2.05, 4.69) is 18.7 Å². The second-order valence-electron chi connectivity index (χ2n) is 8.05. The van der Waals surface area contributed by atoms with Gasteiger partial charge in [-0.15, -0.1) is 0 Å². The third-order valence-electron chi connectivity index (χ3n) is 6.21. The minimum absolute atomic E-state index is 0.361. The Morgan fingerprint density at radius 1 is 0.875 bits per heavy atom. The zero-order valence-corrected chi connectivity index (χ0v) is 20.4. The highest BCUT2D eigenvalue weighted by molar-refractivity contribution is 7.89. The van der Waals surface area contributed by atoms with Gasteiger partial charge in [0.2, 0.25) is 15.8 Å². The molecule has 1 saturated heterocycles. The monoisotopic (exact) mass is 462 g/mol. The average molecular weight is 463 g/mol. The smallest absolute Gasteiger partial charge is 0.243 e. The van der Waals surface area contributed by atoms with E-state index in [0.717, 1.165) is 12.0 Å². The number of benzene rings is 2. The molecule has 1 unspecified atom stereocenters. The van der Waals surface area contributed by atoms with E-state index in [1.165, 1.54) is 5.56 Å². The first kappa shape index (κ1) is 24.4. The Labute approximate surface area is 191 Å². The fraction of sp³-hybridized carbons (Fsp3) is 0.500. The SMILES string of the molecule is CCC(C)c1ccc(S(=O)(=O)N2CCN(Cc3ccc(OC)c(OC)c3OC)CC2)cc1. The van der Waals surface area contributed by atoms with Crippen LogP contribution in [-0.4, -0.2) is 65.1 Å². The summed E-state index contributed by atoms with van der Waals surface area (Å²) in [5.41, 5.74) is 2.14. The van der Waals surface area contributed by atoms with Crippen molar-refractivity contribution in [3.63, 3.8) is 0 Å². The number of hydrogen-bond acceptors (Lipinski definition) is 6. The van der Waals surface area contributed by atoms with Gasteiger partial charge in [-0.3, -0.25) is 4.90 Å². The summed E-state index contributed by atoms with van der Waals surface area (Å²) < 4.78 is 44.2. The molecule has 2 aromatic rings. The lowest BCUT2D eigenvalue weighted by molar-refractivity contribution is 0.179. The van der Waals surface area contributed by atoms with Crippen LogP contribution < -0.4 is 14.2 Å². The largest absolute Gasteiger partial charge is 0.493 e. The van der Waals surface area contributed by atoms with Gasteiger partial charge in [0, 0.05) is 38.3 Å². The normalized spacial score (nSPS) is 16.5. The summed E-state index contributed by atoms with van der Waals surface area (Å²) in [6.07, 6.45) is 1.03. The molecule has 1 aliphatic rings. The fourth-order valence-corrected chi connectivity index (χ4v) is 5.43. The topological polar surface area (TPSA) is 68.3 Å². The number of hydrogen-bond donors (Lipinski definition) is 0. The van der Waals surface area contributed by atoms with E-state index >= 15 is 0 Å². The Balaban J connectivity index is 1.67. The zero-order valence-electron chi connectivity index (χ0n) is 19.6. The maximum Gasteiger partial charge on any atom is 0.243 e. The molecule has 7 nitrogen and oxygen atoms in total. The fourth-order valence-electron chi connectivity index (χ4n) is 4.01. The summed E-state index contributed by atoms with van der Waals surface area (Å²) in [4.78, 5) is 2.58. The molecule has 0 bridgehead atoms. The molecule has 0 N–H and O–H groups in total. The van der Waals surface area contributed by atoms with E-state index < -0.39 is 10.0 Å². The number of nitrogens with zero attached hydrogens (tertiary/aromatic N) is 2. The van der Waals surface area contributed by atoms with Crippen LogP contribution in [0.2, 0.25) is 0 Å². The number of rotatable bonds is 9. The van der Waals surface area contributed by atoms with Gasteiger partial charge >= 0.3 is 0 Å². The molecule has 0 radical (unpaired) electrons. The number of ether oxygens (including phenoxy) is 3. The van der Waals surface area contributed by atoms with Crippen molar-refractivity contribution in [3.05, 3.63) is 47.5 Å². The van der Waals surface area contributed by atoms with Crippen molar-refractivity contribution in [2.45, 2.75) is 37.6 Å². The Kier molecular flexibility index (Phi) is 8.03. The van der Waals surface area contributed by atoms with Crippen molar-refractivity contribution in [1.29, 1.82) is 0 Å². The molecule has 3 rings (SSSR count). The number of sulfonamides is 1. The Morgan fingerprint density at radius 2 is 1.50 bits per heavy atom. The minimum Gasteiger partial charge on any atom is -0.493 e. The number of methoxy groups -OCH3 is 3. The van der Waals surface area contributed by atoms with Gasteiger partial charge in [0.1, 0.15) is 0 Å². The maximum atomic E-state index is 13.1. The molecule has 0 aromatic heterocycles. The predicted octanol–water partition coefficient (Wildman–Crippen LogP) is 3.73. The highest BCUT2D eigenvalue weighted by Gasteiger charge is 2.29. The molecule has 176 valence electrons. The minimum atomic E-state index is -3.49. The van der Waals surface area contributed by atoms with E-state index in [4.69, 9.17) is 14.2 Å². The van der Waals surface area contributed by atoms with Gasteiger partial charge in [-0.05, 0) is 36.1 Å². The summed E-state index contributed by atoms with van der Waals surface area (Å²) in [6.45, 7) is 7.10. The molecule has 0 amide bonds. The van der Waals surface area contributed by atoms with E-state index in [0.29, 0.717) is 60.8 Å². The van der Waals surface area contributed by atoms with Crippen LogP contribution in [0.1, 0.15) is 37.3 Å². The summed E-state index contributed by atoms with van der Waals surface area (Å²) in [7, 11) is 1.29. The lowest BCUT2D eigenvalue weighted by Gasteiger charge is -2.34. The molecule has 1 atom stereocenters. The molecule has 0 aliphatic carbocycles. The van der Waals surface area contributed by atoms with E-state index in [-0.39, 0.29) is 0 Å². The molecule has 0 spiro atoms. The Hall–Kier alpha value is -2.29. The van der Waals surface area contributed by atoms with Crippen molar-refractivity contribution in [2.75, 3.05) is 47.5 Å². The molecule has 0 saturated carbocycles. The van der Waals surface area contributed by atoms with E-state index in [1.807, 2.05) is 24.3 Å². The van der Waals surface area contributed by atoms with Crippen LogP contribution >= 0.6 is 0 Å². The first-order valence-corrected chi connectivity index (χ1v) is 12.4. The van der Waals surface area contributed by atoms with Gasteiger partial charge in [-0.2, -0.15) is 4.31 Å². The summed E-state index contributed by atoms with van der Waals surface area (Å²) >= 11 is 0. The van der Waals surface area contributed by atoms with Gasteiger partial charge in [0.05, 0.1) is 26.2 Å². The molecule has 1 fully saturated rings. The van der Waals surface area contributed by atoms with Crippen LogP contribution in [0.25, 0.3) is 0 Å². The zero-order chi connectivity index (χ0) is 23.3. The van der Waals surface area contributed by atoms with Crippen LogP contribution in [0, 0.1) is 0 Å². The first-order chi connectivity index (χ1) is 15.3. The van der Waals surface area contributed by atoms with Gasteiger partial charge in [-0.1, -0.05) is 32.0 Å². The molecular weight excluding hydrogens is 428 g/mol. The van der Waals surface area contributed by atoms with Gasteiger partial charge < -0.3 is 14.2 Å². The lowest BCUT2D eigenvalue weighted by Crippen LogP contribution is -2.48. The van der Waals surface area contributed by atoms with Crippen LogP contribution in [0.5, 0.6) is 17.2 Å². The van der Waals surface area contributed by atoms with Crippen molar-refractivity contribution >= 4 is 10.0 Å². The van der Waals surface area contributed by atoms with Gasteiger partial charge in [0.15, 0.2) is 11.5 Å². The van der Waals surface area contributed by atoms with E-state index in [1.54, 1.807) is 37.8 Å². The van der Waals surface area contributed by atoms with Crippen LogP contribution in [0.15, 0.2) is 41.3 Å². The first-order valence-electron chi connectivity index (χ1n) is 11.0. The quantitative estimate of drug-likeness (QED) is 0.566.